The molecule has 2 aromatic carbocycles. The number of hydrogen-bond donors (Lipinski definition) is 2. The van der Waals surface area contributed by atoms with Crippen LogP contribution in [0.25, 0.3) is 11.4 Å². The fourth-order valence-corrected chi connectivity index (χ4v) is 5.48. The van der Waals surface area contributed by atoms with Crippen molar-refractivity contribution in [1.29, 1.82) is 0 Å². The number of rotatable bonds is 8. The minimum absolute atomic E-state index is 0.306. The van der Waals surface area contributed by atoms with E-state index in [2.05, 4.69) is 38.6 Å². The molecule has 2 N–H and O–H groups in total. The Morgan fingerprint density at radius 3 is 2.59 bits per heavy atom. The molecule has 1 aliphatic carbocycles. The summed E-state index contributed by atoms with van der Waals surface area (Å²) in [6.07, 6.45) is 9.43. The van der Waals surface area contributed by atoms with Crippen LogP contribution in [0.3, 0.4) is 0 Å². The van der Waals surface area contributed by atoms with Gasteiger partial charge in [-0.3, -0.25) is 4.98 Å². The summed E-state index contributed by atoms with van der Waals surface area (Å²) in [7, 11) is 1.87. The second-order valence-electron chi connectivity index (χ2n) is 9.31. The maximum absolute atomic E-state index is 15.2. The molecule has 0 amide bonds. The fourth-order valence-electron chi connectivity index (χ4n) is 4.58. The molecule has 0 unspecified atom stereocenters. The Bertz CT molecular complexity index is 1360. The minimum atomic E-state index is -0.306. The topological polar surface area (TPSA) is 66.0 Å². The van der Waals surface area contributed by atoms with E-state index in [1.165, 1.54) is 37.3 Å². The first-order valence-electron chi connectivity index (χ1n) is 12.6. The van der Waals surface area contributed by atoms with E-state index in [0.717, 1.165) is 34.8 Å². The predicted molar refractivity (Wildman–Crippen MR) is 151 cm³/mol. The predicted octanol–water partition coefficient (Wildman–Crippen LogP) is 7.62. The molecule has 0 radical (unpaired) electrons. The molecule has 8 heteroatoms. The van der Waals surface area contributed by atoms with Crippen molar-refractivity contribution in [2.75, 3.05) is 22.0 Å². The number of nitrogens with one attached hydrogen (secondary N) is 2. The van der Waals surface area contributed by atoms with Gasteiger partial charge in [-0.2, -0.15) is 0 Å². The Morgan fingerprint density at radius 1 is 0.946 bits per heavy atom. The monoisotopic (exact) mass is 514 g/mol. The lowest BCUT2D eigenvalue weighted by molar-refractivity contribution is 0.462. The molecule has 0 bridgehead atoms. The molecule has 37 heavy (non-hydrogen) atoms. The van der Waals surface area contributed by atoms with Gasteiger partial charge in [0.05, 0.1) is 17.1 Å². The number of pyridine rings is 1. The molecule has 0 atom stereocenters. The average molecular weight is 515 g/mol. The Kier molecular flexibility index (Phi) is 7.84. The first-order valence-corrected chi connectivity index (χ1v) is 13.4. The summed E-state index contributed by atoms with van der Waals surface area (Å²) in [5, 5.41) is 6.88. The zero-order chi connectivity index (χ0) is 25.6. The van der Waals surface area contributed by atoms with Crippen LogP contribution in [-0.2, 0) is 0 Å². The number of nitrogens with zero attached hydrogens (tertiary/aromatic N) is 4. The van der Waals surface area contributed by atoms with Crippen molar-refractivity contribution in [1.82, 2.24) is 15.0 Å². The lowest BCUT2D eigenvalue weighted by Crippen LogP contribution is -2.22. The highest BCUT2D eigenvalue weighted by Crippen LogP contribution is 2.34. The molecule has 1 aliphatic rings. The zero-order valence-corrected chi connectivity index (χ0v) is 21.9. The number of hydrogen-bond acceptors (Lipinski definition) is 7. The summed E-state index contributed by atoms with van der Waals surface area (Å²) in [6.45, 7) is 2.05. The molecule has 2 heterocycles. The maximum Gasteiger partial charge on any atom is 0.149 e. The Hall–Kier alpha value is -3.65. The van der Waals surface area contributed by atoms with Crippen LogP contribution >= 0.6 is 11.9 Å². The maximum atomic E-state index is 15.2. The van der Waals surface area contributed by atoms with Gasteiger partial charge in [-0.25, -0.2) is 14.4 Å². The summed E-state index contributed by atoms with van der Waals surface area (Å²) in [6, 6.07) is 19.4. The highest BCUT2D eigenvalue weighted by atomic mass is 32.2. The van der Waals surface area contributed by atoms with Gasteiger partial charge in [0, 0.05) is 35.9 Å². The second kappa shape index (κ2) is 11.6. The summed E-state index contributed by atoms with van der Waals surface area (Å²) in [5.41, 5.74) is 4.46. The quantitative estimate of drug-likeness (QED) is 0.234. The highest BCUT2D eigenvalue weighted by molar-refractivity contribution is 8.00. The van der Waals surface area contributed by atoms with E-state index in [4.69, 9.17) is 0 Å². The van der Waals surface area contributed by atoms with Crippen LogP contribution in [0, 0.1) is 12.7 Å². The number of halogens is 1. The highest BCUT2D eigenvalue weighted by Gasteiger charge is 2.16. The van der Waals surface area contributed by atoms with E-state index in [9.17, 15) is 0 Å². The largest absolute Gasteiger partial charge is 0.367 e. The second-order valence-corrected chi connectivity index (χ2v) is 10.5. The molecular formula is C29H31FN6S. The third-order valence-electron chi connectivity index (χ3n) is 6.57. The van der Waals surface area contributed by atoms with Gasteiger partial charge < -0.3 is 14.9 Å². The van der Waals surface area contributed by atoms with Crippen LogP contribution in [0.4, 0.5) is 27.3 Å². The van der Waals surface area contributed by atoms with E-state index in [-0.39, 0.29) is 5.82 Å². The van der Waals surface area contributed by atoms with Crippen LogP contribution < -0.4 is 14.9 Å². The van der Waals surface area contributed by atoms with Gasteiger partial charge in [0.15, 0.2) is 0 Å². The molecule has 0 spiro atoms. The first kappa shape index (κ1) is 25.0. The lowest BCUT2D eigenvalue weighted by atomic mass is 9.95. The zero-order valence-electron chi connectivity index (χ0n) is 21.1. The van der Waals surface area contributed by atoms with Crippen LogP contribution in [0.1, 0.15) is 37.7 Å². The van der Waals surface area contributed by atoms with Gasteiger partial charge in [0.2, 0.25) is 0 Å². The number of anilines is 4. The van der Waals surface area contributed by atoms with Crippen LogP contribution in [0.15, 0.2) is 78.1 Å². The average Bonchev–Trinajstić information content (AvgIpc) is 2.91. The molecule has 1 saturated carbocycles. The molecule has 2 aromatic heterocycles. The van der Waals surface area contributed by atoms with Gasteiger partial charge in [-0.05, 0) is 73.7 Å². The molecule has 5 rings (SSSR count). The van der Waals surface area contributed by atoms with Crippen molar-refractivity contribution in [3.05, 3.63) is 84.6 Å². The summed E-state index contributed by atoms with van der Waals surface area (Å²) in [4.78, 5) is 14.6. The normalized spacial score (nSPS) is 13.8. The van der Waals surface area contributed by atoms with E-state index >= 15 is 4.39 Å². The van der Waals surface area contributed by atoms with Crippen LogP contribution in [0.2, 0.25) is 0 Å². The summed E-state index contributed by atoms with van der Waals surface area (Å²) < 4.78 is 17.0. The first-order chi connectivity index (χ1) is 18.1. The molecular weight excluding hydrogens is 483 g/mol. The van der Waals surface area contributed by atoms with E-state index in [0.29, 0.717) is 28.8 Å². The molecule has 6 nitrogen and oxygen atoms in total. The van der Waals surface area contributed by atoms with Crippen molar-refractivity contribution in [2.24, 2.45) is 0 Å². The number of benzene rings is 2. The third-order valence-corrected chi connectivity index (χ3v) is 7.69. The van der Waals surface area contributed by atoms with Gasteiger partial charge in [-0.15, -0.1) is 0 Å². The Morgan fingerprint density at radius 2 is 1.78 bits per heavy atom. The van der Waals surface area contributed by atoms with Crippen molar-refractivity contribution >= 4 is 34.8 Å². The van der Waals surface area contributed by atoms with Gasteiger partial charge in [0.1, 0.15) is 23.7 Å². The Balaban J connectivity index is 1.33. The fraction of sp³-hybridized carbons (Fsp3) is 0.276. The van der Waals surface area contributed by atoms with Crippen molar-refractivity contribution in [3.8, 4) is 11.4 Å². The van der Waals surface area contributed by atoms with Crippen molar-refractivity contribution < 1.29 is 4.39 Å². The van der Waals surface area contributed by atoms with Gasteiger partial charge in [0.25, 0.3) is 0 Å². The smallest absolute Gasteiger partial charge is 0.149 e. The number of aryl methyl sites for hydroxylation is 1. The SMILES string of the molecule is Cc1ccccc1SN(C)c1ccc(Nc2cccnc2-c2cc(NC3CCCCC3)ncn2)cc1F. The van der Waals surface area contributed by atoms with Crippen molar-refractivity contribution in [3.63, 3.8) is 0 Å². The Labute approximate surface area is 221 Å². The lowest BCUT2D eigenvalue weighted by Gasteiger charge is -2.23. The van der Waals surface area contributed by atoms with E-state index in [1.54, 1.807) is 18.6 Å². The number of aromatic nitrogens is 3. The van der Waals surface area contributed by atoms with Crippen LogP contribution in [0.5, 0.6) is 0 Å². The summed E-state index contributed by atoms with van der Waals surface area (Å²) in [5.74, 6) is 0.498. The minimum Gasteiger partial charge on any atom is -0.367 e. The molecule has 1 fully saturated rings. The molecule has 0 aliphatic heterocycles. The van der Waals surface area contributed by atoms with Gasteiger partial charge in [-0.1, -0.05) is 37.5 Å². The standard InChI is InChI=1S/C29H31FN6S/c1-20-9-6-7-13-27(20)37-36(2)26-15-14-22(17-23(26)30)34-24-12-8-16-31-29(24)25-18-28(33-19-32-25)35-21-10-4-3-5-11-21/h6-9,12-19,21,34H,3-5,10-11H2,1-2H3,(H,32,33,35). The van der Waals surface area contributed by atoms with E-state index in [1.807, 2.05) is 53.8 Å². The van der Waals surface area contributed by atoms with Crippen LogP contribution in [-0.4, -0.2) is 28.0 Å². The summed E-state index contributed by atoms with van der Waals surface area (Å²) >= 11 is 1.50. The van der Waals surface area contributed by atoms with Crippen molar-refractivity contribution in [2.45, 2.75) is 50.0 Å². The molecule has 4 aromatic rings. The van der Waals surface area contributed by atoms with E-state index < -0.39 is 0 Å². The molecule has 190 valence electrons. The van der Waals surface area contributed by atoms with Gasteiger partial charge >= 0.3 is 0 Å². The molecule has 0 saturated heterocycles. The third kappa shape index (κ3) is 6.20.